The average Bonchev–Trinajstić information content (AvgIpc) is 3.42. The maximum absolute atomic E-state index is 11.7. The number of furan rings is 1. The van der Waals surface area contributed by atoms with Crippen LogP contribution in [0.5, 0.6) is 0 Å². The van der Waals surface area contributed by atoms with Crippen LogP contribution < -0.4 is 0 Å². The number of aliphatic hydroxyl groups excluding tert-OH is 1. The monoisotopic (exact) mass is 779 g/mol. The summed E-state index contributed by atoms with van der Waals surface area (Å²) in [5.74, 6) is 1.42. The van der Waals surface area contributed by atoms with E-state index in [-0.39, 0.29) is 43.5 Å². The summed E-state index contributed by atoms with van der Waals surface area (Å²) in [6, 6.07) is 30.3. The van der Waals surface area contributed by atoms with E-state index in [9.17, 15) is 9.90 Å². The summed E-state index contributed by atoms with van der Waals surface area (Å²) in [5, 5.41) is 10.8. The molecule has 0 bridgehead atoms. The molecule has 0 amide bonds. The topological polar surface area (TPSA) is 63.3 Å². The molecule has 0 aliphatic carbocycles. The average molecular weight is 779 g/mol. The van der Waals surface area contributed by atoms with Crippen LogP contribution in [0.1, 0.15) is 64.5 Å². The number of aliphatic hydroxyl groups is 1. The number of carbonyl (C=O) groups is 1. The van der Waals surface area contributed by atoms with Crippen LogP contribution in [0, 0.1) is 31.7 Å². The Bertz CT molecular complexity index is 1680. The first kappa shape index (κ1) is 35.7. The zero-order chi connectivity index (χ0) is 31.6. The molecule has 0 saturated carbocycles. The van der Waals surface area contributed by atoms with Gasteiger partial charge in [0, 0.05) is 60.7 Å². The number of allylic oxidation sites excluding steroid dienone is 2. The number of carbonyl (C=O) groups excluding carboxylic acids is 1. The molecule has 2 heterocycles. The van der Waals surface area contributed by atoms with Gasteiger partial charge >= 0.3 is 0 Å². The molecule has 4 nitrogen and oxygen atoms in total. The maximum Gasteiger partial charge on any atom is 0.162 e. The summed E-state index contributed by atoms with van der Waals surface area (Å²) in [4.78, 5) is 16.5. The standard InChI is InChI=1S/C27H20NO.C13H24O2.Ir/c1-18-13-19(2)15-22(14-18)24-16-25-23(17-28-24)26(20-9-5-3-6-10-20)27(29-25)21-11-7-4-8-12-21;1-5-10(6-2)12(14)9-13(15)11(7-3)8-4;/h3-14,16-17H,1-2H3;9-11,14H,5-8H2,1-4H3;/q-1;;/b;12-9-;. The number of benzene rings is 3. The van der Waals surface area contributed by atoms with Crippen molar-refractivity contribution in [1.29, 1.82) is 0 Å². The van der Waals surface area contributed by atoms with Crippen LogP contribution in [0.4, 0.5) is 0 Å². The van der Waals surface area contributed by atoms with Crippen LogP contribution in [0.3, 0.4) is 0 Å². The SMILES string of the molecule is CCC(CC)C(=O)/C=C(\O)C(CC)CC.Cc1[c-]c(-c2cc3oc(-c4ccccc4)c(-c4ccccc4)c3cn2)cc(C)c1.[Ir]. The number of hydrogen-bond donors (Lipinski definition) is 1. The molecule has 0 spiro atoms. The van der Waals surface area contributed by atoms with Gasteiger partial charge in [0.15, 0.2) is 5.78 Å². The van der Waals surface area contributed by atoms with Gasteiger partial charge in [0.2, 0.25) is 0 Å². The number of nitrogens with zero attached hydrogens (tertiary/aromatic N) is 1. The predicted molar refractivity (Wildman–Crippen MR) is 182 cm³/mol. The Morgan fingerprint density at radius 2 is 1.42 bits per heavy atom. The quantitative estimate of drug-likeness (QED) is 0.0871. The summed E-state index contributed by atoms with van der Waals surface area (Å²) in [6.07, 6.45) is 6.83. The zero-order valence-electron chi connectivity index (χ0n) is 27.2. The van der Waals surface area contributed by atoms with Crippen LogP contribution in [-0.4, -0.2) is 15.9 Å². The summed E-state index contributed by atoms with van der Waals surface area (Å²) < 4.78 is 6.41. The van der Waals surface area contributed by atoms with Crippen molar-refractivity contribution in [3.8, 4) is 33.7 Å². The Labute approximate surface area is 282 Å². The number of aromatic nitrogens is 1. The minimum Gasteiger partial charge on any atom is -0.512 e. The second kappa shape index (κ2) is 17.1. The fourth-order valence-electron chi connectivity index (χ4n) is 5.64. The third kappa shape index (κ3) is 8.90. The Kier molecular flexibility index (Phi) is 13.5. The molecular formula is C40H44IrNO3-. The molecule has 1 radical (unpaired) electrons. The van der Waals surface area contributed by atoms with E-state index in [2.05, 4.69) is 68.4 Å². The molecule has 237 valence electrons. The molecule has 0 aliphatic rings. The van der Waals surface area contributed by atoms with Crippen molar-refractivity contribution in [3.63, 3.8) is 0 Å². The van der Waals surface area contributed by atoms with Gasteiger partial charge < -0.3 is 14.5 Å². The van der Waals surface area contributed by atoms with Crippen molar-refractivity contribution in [1.82, 2.24) is 4.98 Å². The van der Waals surface area contributed by atoms with E-state index < -0.39 is 0 Å². The van der Waals surface area contributed by atoms with Crippen LogP contribution in [0.15, 0.2) is 101 Å². The van der Waals surface area contributed by atoms with Crippen molar-refractivity contribution in [2.75, 3.05) is 0 Å². The number of hydrogen-bond acceptors (Lipinski definition) is 4. The van der Waals surface area contributed by atoms with Crippen molar-refractivity contribution in [2.45, 2.75) is 67.2 Å². The zero-order valence-corrected chi connectivity index (χ0v) is 29.6. The summed E-state index contributed by atoms with van der Waals surface area (Å²) in [7, 11) is 0. The number of fused-ring (bicyclic) bond motifs is 1. The van der Waals surface area contributed by atoms with Gasteiger partial charge in [0.1, 0.15) is 11.3 Å². The van der Waals surface area contributed by atoms with Gasteiger partial charge in [-0.25, -0.2) is 0 Å². The fourth-order valence-corrected chi connectivity index (χ4v) is 5.64. The molecule has 5 aromatic rings. The third-order valence-corrected chi connectivity index (χ3v) is 8.18. The van der Waals surface area contributed by atoms with E-state index in [1.807, 2.05) is 64.2 Å². The van der Waals surface area contributed by atoms with Gasteiger partial charge in [-0.15, -0.1) is 34.9 Å². The molecule has 5 heteroatoms. The number of pyridine rings is 1. The predicted octanol–water partition coefficient (Wildman–Crippen LogP) is 11.1. The molecule has 0 saturated heterocycles. The van der Waals surface area contributed by atoms with Gasteiger partial charge in [-0.05, 0) is 43.0 Å². The third-order valence-electron chi connectivity index (χ3n) is 8.18. The molecule has 0 atom stereocenters. The molecule has 3 aromatic carbocycles. The first-order valence-electron chi connectivity index (χ1n) is 15.8. The summed E-state index contributed by atoms with van der Waals surface area (Å²) in [5.41, 5.74) is 8.26. The largest absolute Gasteiger partial charge is 0.512 e. The van der Waals surface area contributed by atoms with Crippen LogP contribution in [0.2, 0.25) is 0 Å². The van der Waals surface area contributed by atoms with E-state index in [1.54, 1.807) is 0 Å². The summed E-state index contributed by atoms with van der Waals surface area (Å²) in [6.45, 7) is 12.2. The van der Waals surface area contributed by atoms with E-state index in [0.29, 0.717) is 0 Å². The van der Waals surface area contributed by atoms with Crippen molar-refractivity contribution in [2.24, 2.45) is 11.8 Å². The van der Waals surface area contributed by atoms with E-state index in [4.69, 9.17) is 9.40 Å². The first-order chi connectivity index (χ1) is 21.3. The Morgan fingerprint density at radius 1 is 0.844 bits per heavy atom. The first-order valence-corrected chi connectivity index (χ1v) is 15.8. The van der Waals surface area contributed by atoms with Crippen molar-refractivity contribution >= 4 is 16.8 Å². The Morgan fingerprint density at radius 3 is 1.98 bits per heavy atom. The summed E-state index contributed by atoms with van der Waals surface area (Å²) >= 11 is 0. The van der Waals surface area contributed by atoms with E-state index in [1.165, 1.54) is 11.6 Å². The number of ketones is 1. The molecule has 0 aliphatic heterocycles. The van der Waals surface area contributed by atoms with Crippen LogP contribution in [0.25, 0.3) is 44.7 Å². The normalized spacial score (nSPS) is 11.3. The second-order valence-corrected chi connectivity index (χ2v) is 11.4. The fraction of sp³-hybridized carbons (Fsp3) is 0.300. The van der Waals surface area contributed by atoms with Crippen molar-refractivity contribution in [3.05, 3.63) is 114 Å². The Hall–Kier alpha value is -3.79. The number of rotatable bonds is 10. The smallest absolute Gasteiger partial charge is 0.162 e. The minimum absolute atomic E-state index is 0. The maximum atomic E-state index is 11.7. The second-order valence-electron chi connectivity index (χ2n) is 11.4. The molecule has 45 heavy (non-hydrogen) atoms. The van der Waals surface area contributed by atoms with E-state index >= 15 is 0 Å². The van der Waals surface area contributed by atoms with Gasteiger partial charge in [-0.3, -0.25) is 4.79 Å². The van der Waals surface area contributed by atoms with Gasteiger partial charge in [0.25, 0.3) is 0 Å². The molecule has 2 aromatic heterocycles. The van der Waals surface area contributed by atoms with Crippen molar-refractivity contribution < 1.29 is 34.4 Å². The Balaban J connectivity index is 0.000000297. The minimum atomic E-state index is 0. The number of aryl methyl sites for hydroxylation is 2. The van der Waals surface area contributed by atoms with Crippen LogP contribution >= 0.6 is 0 Å². The van der Waals surface area contributed by atoms with E-state index in [0.717, 1.165) is 75.9 Å². The van der Waals surface area contributed by atoms with Gasteiger partial charge in [-0.2, -0.15) is 0 Å². The molecule has 1 N–H and O–H groups in total. The molecule has 0 unspecified atom stereocenters. The molecular weight excluding hydrogens is 735 g/mol. The van der Waals surface area contributed by atoms with Gasteiger partial charge in [-0.1, -0.05) is 102 Å². The molecule has 5 rings (SSSR count). The molecule has 0 fully saturated rings. The van der Waals surface area contributed by atoms with Gasteiger partial charge in [0.05, 0.1) is 5.76 Å². The van der Waals surface area contributed by atoms with Crippen LogP contribution in [-0.2, 0) is 24.9 Å².